The van der Waals surface area contributed by atoms with E-state index in [-0.39, 0.29) is 5.75 Å². The molecule has 7 nitrogen and oxygen atoms in total. The highest BCUT2D eigenvalue weighted by molar-refractivity contribution is 5.87. The van der Waals surface area contributed by atoms with Crippen molar-refractivity contribution in [3.8, 4) is 22.9 Å². The quantitative estimate of drug-likeness (QED) is 0.738. The lowest BCUT2D eigenvalue weighted by Crippen LogP contribution is -2.04. The van der Waals surface area contributed by atoms with E-state index in [1.54, 1.807) is 24.1 Å². The third-order valence-corrected chi connectivity index (χ3v) is 4.87. The molecule has 1 aliphatic carbocycles. The van der Waals surface area contributed by atoms with Crippen molar-refractivity contribution in [2.24, 2.45) is 7.05 Å². The highest BCUT2D eigenvalue weighted by atomic mass is 19.1. The molecule has 0 radical (unpaired) electrons. The third-order valence-electron chi connectivity index (χ3n) is 4.87. The van der Waals surface area contributed by atoms with Crippen molar-refractivity contribution >= 4 is 17.3 Å². The SMILES string of the molecule is COc1cc(OC)c(F)c(C2=Cc3[nH]nc(-c4c(N)cnn4C)c3CC2)c1. The summed E-state index contributed by atoms with van der Waals surface area (Å²) in [6.45, 7) is 0. The first-order valence-electron chi connectivity index (χ1n) is 8.51. The molecule has 3 N–H and O–H groups in total. The number of nitrogens with one attached hydrogen (secondary N) is 1. The van der Waals surface area contributed by atoms with Gasteiger partial charge in [0.2, 0.25) is 0 Å². The average molecular weight is 369 g/mol. The molecule has 0 atom stereocenters. The Morgan fingerprint density at radius 2 is 2.04 bits per heavy atom. The zero-order chi connectivity index (χ0) is 19.1. The summed E-state index contributed by atoms with van der Waals surface area (Å²) in [5.74, 6) is 0.301. The van der Waals surface area contributed by atoms with Gasteiger partial charge < -0.3 is 15.2 Å². The van der Waals surface area contributed by atoms with Crippen LogP contribution in [0.1, 0.15) is 23.2 Å². The van der Waals surface area contributed by atoms with E-state index in [0.29, 0.717) is 29.8 Å². The van der Waals surface area contributed by atoms with Crippen LogP contribution in [0.25, 0.3) is 23.0 Å². The molecule has 0 saturated heterocycles. The zero-order valence-corrected chi connectivity index (χ0v) is 15.3. The molecule has 4 rings (SSSR count). The van der Waals surface area contributed by atoms with E-state index >= 15 is 0 Å². The minimum Gasteiger partial charge on any atom is -0.497 e. The number of aryl methyl sites for hydroxylation is 1. The lowest BCUT2D eigenvalue weighted by molar-refractivity contribution is 0.373. The molecule has 27 heavy (non-hydrogen) atoms. The fourth-order valence-electron chi connectivity index (χ4n) is 3.48. The number of halogens is 1. The van der Waals surface area contributed by atoms with Gasteiger partial charge >= 0.3 is 0 Å². The second kappa shape index (κ2) is 6.46. The largest absolute Gasteiger partial charge is 0.497 e. The van der Waals surface area contributed by atoms with Crippen molar-refractivity contribution in [1.82, 2.24) is 20.0 Å². The summed E-state index contributed by atoms with van der Waals surface area (Å²) in [5.41, 5.74) is 11.4. The van der Waals surface area contributed by atoms with Crippen molar-refractivity contribution in [2.75, 3.05) is 20.0 Å². The topological polar surface area (TPSA) is 91.0 Å². The fraction of sp³-hybridized carbons (Fsp3) is 0.263. The van der Waals surface area contributed by atoms with Crippen LogP contribution in [0.15, 0.2) is 18.3 Å². The molecule has 1 aromatic carbocycles. The van der Waals surface area contributed by atoms with Crippen molar-refractivity contribution in [3.05, 3.63) is 41.0 Å². The van der Waals surface area contributed by atoms with Gasteiger partial charge in [0.15, 0.2) is 11.6 Å². The number of benzene rings is 1. The van der Waals surface area contributed by atoms with Gasteiger partial charge in [-0.2, -0.15) is 10.2 Å². The van der Waals surface area contributed by atoms with Crippen molar-refractivity contribution < 1.29 is 13.9 Å². The van der Waals surface area contributed by atoms with E-state index in [0.717, 1.165) is 28.2 Å². The highest BCUT2D eigenvalue weighted by Crippen LogP contribution is 2.39. The Kier molecular flexibility index (Phi) is 4.10. The van der Waals surface area contributed by atoms with Gasteiger partial charge in [-0.25, -0.2) is 4.39 Å². The van der Waals surface area contributed by atoms with E-state index < -0.39 is 5.82 Å². The molecule has 8 heteroatoms. The molecule has 2 aromatic heterocycles. The van der Waals surface area contributed by atoms with Crippen LogP contribution >= 0.6 is 0 Å². The number of fused-ring (bicyclic) bond motifs is 1. The van der Waals surface area contributed by atoms with Crippen LogP contribution < -0.4 is 15.2 Å². The second-order valence-electron chi connectivity index (χ2n) is 6.40. The van der Waals surface area contributed by atoms with Gasteiger partial charge in [0.1, 0.15) is 17.1 Å². The molecule has 0 fully saturated rings. The van der Waals surface area contributed by atoms with Crippen LogP contribution in [0.2, 0.25) is 0 Å². The van der Waals surface area contributed by atoms with Crippen LogP contribution in [0.4, 0.5) is 10.1 Å². The van der Waals surface area contributed by atoms with Crippen molar-refractivity contribution in [3.63, 3.8) is 0 Å². The van der Waals surface area contributed by atoms with Crippen molar-refractivity contribution in [1.29, 1.82) is 0 Å². The molecular formula is C19H20FN5O2. The first-order chi connectivity index (χ1) is 13.0. The van der Waals surface area contributed by atoms with Crippen LogP contribution in [-0.2, 0) is 13.5 Å². The van der Waals surface area contributed by atoms with Gasteiger partial charge in [0, 0.05) is 24.2 Å². The smallest absolute Gasteiger partial charge is 0.172 e. The first-order valence-corrected chi connectivity index (χ1v) is 8.51. The number of ether oxygens (including phenoxy) is 2. The van der Waals surface area contributed by atoms with Gasteiger partial charge in [-0.3, -0.25) is 9.78 Å². The third kappa shape index (κ3) is 2.73. The van der Waals surface area contributed by atoms with E-state index in [9.17, 15) is 4.39 Å². The number of anilines is 1. The Balaban J connectivity index is 1.80. The summed E-state index contributed by atoms with van der Waals surface area (Å²) < 4.78 is 26.9. The Bertz CT molecular complexity index is 1030. The number of rotatable bonds is 4. The molecule has 0 saturated carbocycles. The first kappa shape index (κ1) is 17.1. The highest BCUT2D eigenvalue weighted by Gasteiger charge is 2.24. The number of nitrogens with two attached hydrogens (primary N) is 1. The number of methoxy groups -OCH3 is 2. The minimum atomic E-state index is -0.399. The normalized spacial score (nSPS) is 13.3. The summed E-state index contributed by atoms with van der Waals surface area (Å²) in [6.07, 6.45) is 4.89. The summed E-state index contributed by atoms with van der Waals surface area (Å²) in [5, 5.41) is 11.6. The standard InChI is InChI=1S/C19H20FN5O2/c1-25-19(14(21)9-22-25)18-12-5-4-10(6-15(12)23-24-18)13-7-11(26-2)8-16(27-3)17(13)20/h6-9H,4-5,21H2,1-3H3,(H,23,24). The second-order valence-corrected chi connectivity index (χ2v) is 6.40. The number of nitrogen functional groups attached to an aromatic ring is 1. The van der Waals surface area contributed by atoms with E-state index in [2.05, 4.69) is 15.3 Å². The van der Waals surface area contributed by atoms with Gasteiger partial charge in [0.05, 0.1) is 31.8 Å². The van der Waals surface area contributed by atoms with Gasteiger partial charge in [-0.1, -0.05) is 0 Å². The fourth-order valence-corrected chi connectivity index (χ4v) is 3.48. The predicted octanol–water partition coefficient (Wildman–Crippen LogP) is 3.04. The summed E-state index contributed by atoms with van der Waals surface area (Å²) >= 11 is 0. The predicted molar refractivity (Wildman–Crippen MR) is 101 cm³/mol. The monoisotopic (exact) mass is 369 g/mol. The molecule has 0 unspecified atom stereocenters. The van der Waals surface area contributed by atoms with E-state index in [1.165, 1.54) is 13.2 Å². The van der Waals surface area contributed by atoms with Crippen LogP contribution in [0, 0.1) is 5.82 Å². The number of H-pyrrole nitrogens is 1. The number of nitrogens with zero attached hydrogens (tertiary/aromatic N) is 3. The molecule has 2 heterocycles. The number of allylic oxidation sites excluding steroid dienone is 1. The van der Waals surface area contributed by atoms with E-state index in [4.69, 9.17) is 15.2 Å². The lowest BCUT2D eigenvalue weighted by Gasteiger charge is -2.17. The minimum absolute atomic E-state index is 0.156. The van der Waals surface area contributed by atoms with E-state index in [1.807, 2.05) is 13.1 Å². The lowest BCUT2D eigenvalue weighted by atomic mass is 9.90. The maximum atomic E-state index is 14.8. The molecule has 0 aliphatic heterocycles. The maximum absolute atomic E-state index is 14.8. The molecule has 1 aliphatic rings. The number of hydrogen-bond acceptors (Lipinski definition) is 5. The Morgan fingerprint density at radius 1 is 1.22 bits per heavy atom. The Labute approximate surface area is 155 Å². The summed E-state index contributed by atoms with van der Waals surface area (Å²) in [6, 6.07) is 3.22. The maximum Gasteiger partial charge on any atom is 0.172 e. The van der Waals surface area contributed by atoms with Crippen LogP contribution in [-0.4, -0.2) is 34.2 Å². The van der Waals surface area contributed by atoms with Crippen molar-refractivity contribution in [2.45, 2.75) is 12.8 Å². The molecule has 0 bridgehead atoms. The number of aromatic nitrogens is 4. The zero-order valence-electron chi connectivity index (χ0n) is 15.3. The average Bonchev–Trinajstić information content (AvgIpc) is 3.23. The molecular weight excluding hydrogens is 349 g/mol. The van der Waals surface area contributed by atoms with Gasteiger partial charge in [-0.15, -0.1) is 0 Å². The molecule has 3 aromatic rings. The summed E-state index contributed by atoms with van der Waals surface area (Å²) in [4.78, 5) is 0. The van der Waals surface area contributed by atoms with Crippen LogP contribution in [0.5, 0.6) is 11.5 Å². The molecule has 140 valence electrons. The summed E-state index contributed by atoms with van der Waals surface area (Å²) in [7, 11) is 4.81. The molecule has 0 amide bonds. The van der Waals surface area contributed by atoms with Crippen LogP contribution in [0.3, 0.4) is 0 Å². The van der Waals surface area contributed by atoms with Gasteiger partial charge in [0.25, 0.3) is 0 Å². The number of hydrogen-bond donors (Lipinski definition) is 2. The van der Waals surface area contributed by atoms with Gasteiger partial charge in [-0.05, 0) is 30.6 Å². The Morgan fingerprint density at radius 3 is 2.70 bits per heavy atom. The number of aromatic amines is 1. The Hall–Kier alpha value is -3.29. The molecule has 0 spiro atoms.